The van der Waals surface area contributed by atoms with Crippen molar-refractivity contribution in [2.24, 2.45) is 0 Å². The molecule has 0 saturated carbocycles. The molecule has 88 valence electrons. The lowest BCUT2D eigenvalue weighted by Gasteiger charge is -2.15. The lowest BCUT2D eigenvalue weighted by molar-refractivity contribution is 0.0935. The van der Waals surface area contributed by atoms with Crippen molar-refractivity contribution in [1.82, 2.24) is 5.32 Å². The lowest BCUT2D eigenvalue weighted by Crippen LogP contribution is -2.34. The zero-order valence-corrected chi connectivity index (χ0v) is 11.2. The van der Waals surface area contributed by atoms with Crippen molar-refractivity contribution in [1.29, 1.82) is 0 Å². The normalized spacial score (nSPS) is 10.5. The number of hydrogen-bond acceptors (Lipinski definition) is 2. The lowest BCUT2D eigenvalue weighted by atomic mass is 10.1. The topological polar surface area (TPSA) is 55.1 Å². The third-order valence-electron chi connectivity index (χ3n) is 2.58. The molecule has 0 unspecified atom stereocenters. The van der Waals surface area contributed by atoms with Crippen LogP contribution in [0.25, 0.3) is 0 Å². The molecule has 0 spiro atoms. The highest BCUT2D eigenvalue weighted by molar-refractivity contribution is 9.10. The predicted octanol–water partition coefficient (Wildman–Crippen LogP) is 2.95. The molecule has 0 atom stereocenters. The van der Waals surface area contributed by atoms with Gasteiger partial charge in [-0.1, -0.05) is 29.8 Å². The highest BCUT2D eigenvalue weighted by Crippen LogP contribution is 2.18. The third kappa shape index (κ3) is 3.23. The van der Waals surface area contributed by atoms with Gasteiger partial charge in [0.05, 0.1) is 5.56 Å². The molecule has 0 fully saturated rings. The zero-order chi connectivity index (χ0) is 12.1. The Kier molecular flexibility index (Phi) is 4.80. The second-order valence-corrected chi connectivity index (χ2v) is 4.63. The van der Waals surface area contributed by atoms with Gasteiger partial charge in [-0.05, 0) is 31.0 Å². The average molecular weight is 285 g/mol. The van der Waals surface area contributed by atoms with Crippen molar-refractivity contribution < 1.29 is 4.79 Å². The molecule has 0 aromatic heterocycles. The van der Waals surface area contributed by atoms with Gasteiger partial charge in [0.15, 0.2) is 0 Å². The van der Waals surface area contributed by atoms with E-state index in [1.807, 2.05) is 6.07 Å². The van der Waals surface area contributed by atoms with Gasteiger partial charge >= 0.3 is 0 Å². The summed E-state index contributed by atoms with van der Waals surface area (Å²) in [6.45, 7) is 4.11. The summed E-state index contributed by atoms with van der Waals surface area (Å²) in [5, 5.41) is 2.96. The first-order chi connectivity index (χ1) is 7.58. The Morgan fingerprint density at radius 1 is 1.44 bits per heavy atom. The molecule has 4 heteroatoms. The van der Waals surface area contributed by atoms with E-state index in [-0.39, 0.29) is 11.9 Å². The highest BCUT2D eigenvalue weighted by Gasteiger charge is 2.13. The minimum absolute atomic E-state index is 0.104. The largest absolute Gasteiger partial charge is 0.398 e. The number of nitrogen functional groups attached to an aromatic ring is 1. The van der Waals surface area contributed by atoms with Crippen molar-refractivity contribution in [2.75, 3.05) is 5.73 Å². The molecular weight excluding hydrogens is 268 g/mol. The number of rotatable bonds is 4. The Bertz CT molecular complexity index is 375. The van der Waals surface area contributed by atoms with Crippen LogP contribution in [-0.4, -0.2) is 11.9 Å². The van der Waals surface area contributed by atoms with Gasteiger partial charge in [-0.2, -0.15) is 0 Å². The van der Waals surface area contributed by atoms with E-state index < -0.39 is 0 Å². The van der Waals surface area contributed by atoms with Crippen LogP contribution in [0.2, 0.25) is 0 Å². The molecule has 1 amide bonds. The first-order valence-corrected chi connectivity index (χ1v) is 6.23. The van der Waals surface area contributed by atoms with E-state index in [1.165, 1.54) is 0 Å². The summed E-state index contributed by atoms with van der Waals surface area (Å²) in [5.41, 5.74) is 6.80. The number of nitrogens with two attached hydrogens (primary N) is 1. The molecular formula is C12H17BrN2O. The van der Waals surface area contributed by atoms with Crippen molar-refractivity contribution in [3.63, 3.8) is 0 Å². The first-order valence-electron chi connectivity index (χ1n) is 5.44. The molecule has 3 nitrogen and oxygen atoms in total. The highest BCUT2D eigenvalue weighted by atomic mass is 79.9. The molecule has 0 saturated heterocycles. The summed E-state index contributed by atoms with van der Waals surface area (Å²) in [7, 11) is 0. The van der Waals surface area contributed by atoms with Gasteiger partial charge < -0.3 is 11.1 Å². The Morgan fingerprint density at radius 2 is 2.06 bits per heavy atom. The molecule has 0 aliphatic heterocycles. The average Bonchev–Trinajstić information content (AvgIpc) is 2.28. The van der Waals surface area contributed by atoms with Crippen LogP contribution in [0.3, 0.4) is 0 Å². The second kappa shape index (κ2) is 5.89. The number of nitrogens with one attached hydrogen (secondary N) is 1. The van der Waals surface area contributed by atoms with Gasteiger partial charge in [-0.25, -0.2) is 0 Å². The molecule has 0 radical (unpaired) electrons. The first kappa shape index (κ1) is 13.0. The summed E-state index contributed by atoms with van der Waals surface area (Å²) in [5.74, 6) is -0.104. The molecule has 1 aromatic rings. The molecule has 0 bridgehead atoms. The van der Waals surface area contributed by atoms with Crippen LogP contribution in [0.15, 0.2) is 22.7 Å². The molecule has 0 aliphatic carbocycles. The standard InChI is InChI=1S/C12H17BrN2O/c1-3-9(4-2)15-12(16)10-7-8(13)5-6-11(10)14/h5-7,9H,3-4,14H2,1-2H3,(H,15,16). The Morgan fingerprint density at radius 3 is 2.62 bits per heavy atom. The van der Waals surface area contributed by atoms with E-state index in [0.717, 1.165) is 17.3 Å². The molecule has 0 heterocycles. The van der Waals surface area contributed by atoms with Crippen LogP contribution in [0.4, 0.5) is 5.69 Å². The molecule has 1 rings (SSSR count). The molecule has 0 aliphatic rings. The summed E-state index contributed by atoms with van der Waals surface area (Å²) in [4.78, 5) is 11.9. The fourth-order valence-electron chi connectivity index (χ4n) is 1.48. The Labute approximate surface area is 105 Å². The fraction of sp³-hybridized carbons (Fsp3) is 0.417. The maximum atomic E-state index is 11.9. The molecule has 16 heavy (non-hydrogen) atoms. The number of carbonyl (C=O) groups is 1. The van der Waals surface area contributed by atoms with Crippen molar-refractivity contribution >= 4 is 27.5 Å². The number of carbonyl (C=O) groups excluding carboxylic acids is 1. The Balaban J connectivity index is 2.83. The van der Waals surface area contributed by atoms with Crippen molar-refractivity contribution in [3.8, 4) is 0 Å². The summed E-state index contributed by atoms with van der Waals surface area (Å²) in [6, 6.07) is 5.51. The van der Waals surface area contributed by atoms with E-state index in [0.29, 0.717) is 11.3 Å². The van der Waals surface area contributed by atoms with E-state index in [4.69, 9.17) is 5.73 Å². The molecule has 1 aromatic carbocycles. The van der Waals surface area contributed by atoms with Gasteiger partial charge in [0.25, 0.3) is 5.91 Å². The van der Waals surface area contributed by atoms with Crippen molar-refractivity contribution in [2.45, 2.75) is 32.7 Å². The summed E-state index contributed by atoms with van der Waals surface area (Å²) >= 11 is 3.33. The van der Waals surface area contributed by atoms with Crippen molar-refractivity contribution in [3.05, 3.63) is 28.2 Å². The number of amides is 1. The van der Waals surface area contributed by atoms with E-state index in [2.05, 4.69) is 35.1 Å². The van der Waals surface area contributed by atoms with Gasteiger partial charge in [-0.15, -0.1) is 0 Å². The smallest absolute Gasteiger partial charge is 0.253 e. The SMILES string of the molecule is CCC(CC)NC(=O)c1cc(Br)ccc1N. The predicted molar refractivity (Wildman–Crippen MR) is 70.4 cm³/mol. The van der Waals surface area contributed by atoms with Crippen LogP contribution in [-0.2, 0) is 0 Å². The zero-order valence-electron chi connectivity index (χ0n) is 9.59. The monoisotopic (exact) mass is 284 g/mol. The van der Waals surface area contributed by atoms with Gasteiger partial charge in [-0.3, -0.25) is 4.79 Å². The van der Waals surface area contributed by atoms with E-state index >= 15 is 0 Å². The number of benzene rings is 1. The minimum atomic E-state index is -0.104. The van der Waals surface area contributed by atoms with Crippen LogP contribution >= 0.6 is 15.9 Å². The quantitative estimate of drug-likeness (QED) is 0.836. The van der Waals surface area contributed by atoms with Crippen LogP contribution in [0.5, 0.6) is 0 Å². The summed E-state index contributed by atoms with van der Waals surface area (Å²) < 4.78 is 0.858. The van der Waals surface area contributed by atoms with Crippen LogP contribution in [0.1, 0.15) is 37.0 Å². The summed E-state index contributed by atoms with van der Waals surface area (Å²) in [6.07, 6.45) is 1.85. The van der Waals surface area contributed by atoms with E-state index in [9.17, 15) is 4.79 Å². The van der Waals surface area contributed by atoms with Crippen LogP contribution < -0.4 is 11.1 Å². The fourth-order valence-corrected chi connectivity index (χ4v) is 1.84. The maximum Gasteiger partial charge on any atom is 0.253 e. The minimum Gasteiger partial charge on any atom is -0.398 e. The maximum absolute atomic E-state index is 11.9. The number of hydrogen-bond donors (Lipinski definition) is 2. The van der Waals surface area contributed by atoms with E-state index in [1.54, 1.807) is 12.1 Å². The third-order valence-corrected chi connectivity index (χ3v) is 3.07. The number of anilines is 1. The van der Waals surface area contributed by atoms with Crippen LogP contribution in [0, 0.1) is 0 Å². The second-order valence-electron chi connectivity index (χ2n) is 3.72. The van der Waals surface area contributed by atoms with Gasteiger partial charge in [0.2, 0.25) is 0 Å². The van der Waals surface area contributed by atoms with Gasteiger partial charge in [0, 0.05) is 16.2 Å². The van der Waals surface area contributed by atoms with Gasteiger partial charge in [0.1, 0.15) is 0 Å². The molecule has 3 N–H and O–H groups in total. The Hall–Kier alpha value is -1.03. The number of halogens is 1.